The molecule has 4 rings (SSSR count). The molecule has 0 spiro atoms. The summed E-state index contributed by atoms with van der Waals surface area (Å²) in [6.45, 7) is 2.90. The van der Waals surface area contributed by atoms with Crippen molar-refractivity contribution in [3.8, 4) is 0 Å². The van der Waals surface area contributed by atoms with Crippen molar-refractivity contribution in [2.75, 3.05) is 19.6 Å². The Balaban J connectivity index is 1.23. The average Bonchev–Trinajstić information content (AvgIpc) is 3.13. The normalized spacial score (nSPS) is 16.0. The van der Waals surface area contributed by atoms with E-state index in [1.165, 1.54) is 12.1 Å². The molecule has 1 aliphatic heterocycles. The Morgan fingerprint density at radius 3 is 2.59 bits per heavy atom. The van der Waals surface area contributed by atoms with Crippen LogP contribution >= 0.6 is 0 Å². The lowest BCUT2D eigenvalue weighted by Gasteiger charge is -2.30. The summed E-state index contributed by atoms with van der Waals surface area (Å²) in [6, 6.07) is 13.7. The largest absolute Gasteiger partial charge is 0.440 e. The number of nitrogens with zero attached hydrogens (tertiary/aromatic N) is 2. The zero-order valence-electron chi connectivity index (χ0n) is 15.2. The van der Waals surface area contributed by atoms with Gasteiger partial charge in [0.1, 0.15) is 11.3 Å². The molecule has 5 heteroatoms. The van der Waals surface area contributed by atoms with Gasteiger partial charge in [0.25, 0.3) is 0 Å². The minimum absolute atomic E-state index is 0.0800. The van der Waals surface area contributed by atoms with Gasteiger partial charge in [0.2, 0.25) is 0 Å². The highest BCUT2D eigenvalue weighted by Crippen LogP contribution is 2.30. The van der Waals surface area contributed by atoms with Crippen LogP contribution in [0.4, 0.5) is 4.39 Å². The lowest BCUT2D eigenvalue weighted by atomic mass is 9.96. The SMILES string of the molecule is O=C(CCCN1CCC(c2nc3ccccc3o2)CC1)c1ccc(F)cc1. The van der Waals surface area contributed by atoms with Gasteiger partial charge in [-0.25, -0.2) is 9.37 Å². The quantitative estimate of drug-likeness (QED) is 0.588. The molecule has 1 aliphatic rings. The number of piperidine rings is 1. The van der Waals surface area contributed by atoms with E-state index >= 15 is 0 Å². The molecule has 0 unspecified atom stereocenters. The van der Waals surface area contributed by atoms with Crippen LogP contribution in [0.1, 0.15) is 47.8 Å². The molecular weight excluding hydrogens is 343 g/mol. The number of ketones is 1. The molecule has 2 heterocycles. The number of likely N-dealkylation sites (tertiary alicyclic amines) is 1. The number of carbonyl (C=O) groups is 1. The third-order valence-electron chi connectivity index (χ3n) is 5.29. The van der Waals surface area contributed by atoms with Gasteiger partial charge in [0.05, 0.1) is 0 Å². The zero-order valence-corrected chi connectivity index (χ0v) is 15.2. The molecule has 0 bridgehead atoms. The van der Waals surface area contributed by atoms with Crippen LogP contribution < -0.4 is 0 Å². The van der Waals surface area contributed by atoms with E-state index in [4.69, 9.17) is 4.42 Å². The van der Waals surface area contributed by atoms with E-state index in [0.717, 1.165) is 55.9 Å². The second kappa shape index (κ2) is 8.01. The van der Waals surface area contributed by atoms with Crippen molar-refractivity contribution < 1.29 is 13.6 Å². The van der Waals surface area contributed by atoms with Crippen LogP contribution in [0.15, 0.2) is 52.9 Å². The first kappa shape index (κ1) is 17.9. The maximum Gasteiger partial charge on any atom is 0.198 e. The van der Waals surface area contributed by atoms with E-state index in [1.807, 2.05) is 24.3 Å². The maximum atomic E-state index is 12.9. The van der Waals surface area contributed by atoms with Crippen molar-refractivity contribution in [3.63, 3.8) is 0 Å². The maximum absolute atomic E-state index is 12.9. The summed E-state index contributed by atoms with van der Waals surface area (Å²) in [6.07, 6.45) is 3.37. The second-order valence-electron chi connectivity index (χ2n) is 7.17. The first-order valence-corrected chi connectivity index (χ1v) is 9.55. The fourth-order valence-electron chi connectivity index (χ4n) is 3.71. The molecule has 0 aliphatic carbocycles. The van der Waals surface area contributed by atoms with Crippen molar-refractivity contribution in [2.24, 2.45) is 0 Å². The van der Waals surface area contributed by atoms with E-state index in [0.29, 0.717) is 17.9 Å². The predicted molar refractivity (Wildman–Crippen MR) is 102 cm³/mol. The summed E-state index contributed by atoms with van der Waals surface area (Å²) < 4.78 is 18.8. The summed E-state index contributed by atoms with van der Waals surface area (Å²) >= 11 is 0. The van der Waals surface area contributed by atoms with Gasteiger partial charge in [-0.05, 0) is 75.3 Å². The van der Waals surface area contributed by atoms with Crippen molar-refractivity contribution in [1.29, 1.82) is 0 Å². The van der Waals surface area contributed by atoms with E-state index in [2.05, 4.69) is 9.88 Å². The van der Waals surface area contributed by atoms with Gasteiger partial charge < -0.3 is 9.32 Å². The molecule has 140 valence electrons. The topological polar surface area (TPSA) is 46.3 Å². The molecule has 1 aromatic heterocycles. The van der Waals surface area contributed by atoms with Crippen LogP contribution in [0.2, 0.25) is 0 Å². The zero-order chi connectivity index (χ0) is 18.6. The van der Waals surface area contributed by atoms with Crippen LogP contribution in [0.3, 0.4) is 0 Å². The number of rotatable bonds is 6. The number of para-hydroxylation sites is 2. The Bertz CT molecular complexity index is 878. The highest BCUT2D eigenvalue weighted by molar-refractivity contribution is 5.95. The fourth-order valence-corrected chi connectivity index (χ4v) is 3.71. The summed E-state index contributed by atoms with van der Waals surface area (Å²) in [5.41, 5.74) is 2.37. The summed E-state index contributed by atoms with van der Waals surface area (Å²) in [4.78, 5) is 19.2. The number of benzene rings is 2. The number of oxazole rings is 1. The van der Waals surface area contributed by atoms with Gasteiger partial charge in [-0.3, -0.25) is 4.79 Å². The van der Waals surface area contributed by atoms with Crippen molar-refractivity contribution >= 4 is 16.9 Å². The Kier molecular flexibility index (Phi) is 5.30. The highest BCUT2D eigenvalue weighted by atomic mass is 19.1. The van der Waals surface area contributed by atoms with E-state index in [1.54, 1.807) is 12.1 Å². The Morgan fingerprint density at radius 2 is 1.85 bits per heavy atom. The van der Waals surface area contributed by atoms with Crippen molar-refractivity contribution in [1.82, 2.24) is 9.88 Å². The minimum Gasteiger partial charge on any atom is -0.440 e. The number of hydrogen-bond donors (Lipinski definition) is 0. The molecule has 3 aromatic rings. The van der Waals surface area contributed by atoms with Crippen LogP contribution in [-0.2, 0) is 0 Å². The molecule has 1 fully saturated rings. The number of aromatic nitrogens is 1. The van der Waals surface area contributed by atoms with Crippen LogP contribution in [-0.4, -0.2) is 35.3 Å². The van der Waals surface area contributed by atoms with Crippen LogP contribution in [0.25, 0.3) is 11.1 Å². The molecule has 4 nitrogen and oxygen atoms in total. The predicted octanol–water partition coefficient (Wildman–Crippen LogP) is 4.81. The van der Waals surface area contributed by atoms with E-state index in [-0.39, 0.29) is 11.6 Å². The number of Topliss-reactive ketones (excluding diaryl/α,β-unsaturated/α-hetero) is 1. The fraction of sp³-hybridized carbons (Fsp3) is 0.364. The highest BCUT2D eigenvalue weighted by Gasteiger charge is 2.24. The van der Waals surface area contributed by atoms with Gasteiger partial charge in [-0.2, -0.15) is 0 Å². The molecule has 0 radical (unpaired) electrons. The van der Waals surface area contributed by atoms with Gasteiger partial charge in [-0.1, -0.05) is 12.1 Å². The number of halogens is 1. The third-order valence-corrected chi connectivity index (χ3v) is 5.29. The monoisotopic (exact) mass is 366 g/mol. The second-order valence-corrected chi connectivity index (χ2v) is 7.17. The molecule has 1 saturated heterocycles. The molecule has 0 amide bonds. The Labute approximate surface area is 158 Å². The smallest absolute Gasteiger partial charge is 0.198 e. The minimum atomic E-state index is -0.312. The lowest BCUT2D eigenvalue weighted by Crippen LogP contribution is -2.34. The first-order chi connectivity index (χ1) is 13.2. The Morgan fingerprint density at radius 1 is 1.11 bits per heavy atom. The molecule has 27 heavy (non-hydrogen) atoms. The summed E-state index contributed by atoms with van der Waals surface area (Å²) in [7, 11) is 0. The average molecular weight is 366 g/mol. The molecule has 0 N–H and O–H groups in total. The van der Waals surface area contributed by atoms with Gasteiger partial charge >= 0.3 is 0 Å². The first-order valence-electron chi connectivity index (χ1n) is 9.55. The molecular formula is C22H23FN2O2. The lowest BCUT2D eigenvalue weighted by molar-refractivity contribution is 0.0972. The van der Waals surface area contributed by atoms with E-state index < -0.39 is 0 Å². The van der Waals surface area contributed by atoms with Crippen LogP contribution in [0, 0.1) is 5.82 Å². The number of carbonyl (C=O) groups excluding carboxylic acids is 1. The Hall–Kier alpha value is -2.53. The van der Waals surface area contributed by atoms with Crippen LogP contribution in [0.5, 0.6) is 0 Å². The van der Waals surface area contributed by atoms with Crippen molar-refractivity contribution in [2.45, 2.75) is 31.6 Å². The molecule has 0 saturated carbocycles. The van der Waals surface area contributed by atoms with Gasteiger partial charge in [0.15, 0.2) is 17.3 Å². The summed E-state index contributed by atoms with van der Waals surface area (Å²) in [5.74, 6) is 0.988. The molecule has 2 aromatic carbocycles. The van der Waals surface area contributed by atoms with Crippen molar-refractivity contribution in [3.05, 3.63) is 65.8 Å². The third kappa shape index (κ3) is 4.25. The molecule has 0 atom stereocenters. The van der Waals surface area contributed by atoms with E-state index in [9.17, 15) is 9.18 Å². The number of hydrogen-bond acceptors (Lipinski definition) is 4. The summed E-state index contributed by atoms with van der Waals surface area (Å²) in [5, 5.41) is 0. The van der Waals surface area contributed by atoms with Gasteiger partial charge in [0, 0.05) is 17.9 Å². The number of fused-ring (bicyclic) bond motifs is 1. The van der Waals surface area contributed by atoms with Gasteiger partial charge in [-0.15, -0.1) is 0 Å². The standard InChI is InChI=1S/C22H23FN2O2/c23-18-9-7-16(8-10-18)20(26)5-3-13-25-14-11-17(12-15-25)22-24-19-4-1-2-6-21(19)27-22/h1-2,4,6-10,17H,3,5,11-15H2.